The summed E-state index contributed by atoms with van der Waals surface area (Å²) in [4.78, 5) is 12.5. The first-order valence-electron chi connectivity index (χ1n) is 6.54. The molecule has 0 aliphatic rings. The van der Waals surface area contributed by atoms with Gasteiger partial charge in [0.05, 0.1) is 24.4 Å². The van der Waals surface area contributed by atoms with Crippen LogP contribution in [-0.4, -0.2) is 33.7 Å². The highest BCUT2D eigenvalue weighted by Gasteiger charge is 2.21. The third-order valence-electron chi connectivity index (χ3n) is 2.92. The highest BCUT2D eigenvalue weighted by molar-refractivity contribution is 7.18. The van der Waals surface area contributed by atoms with E-state index in [4.69, 9.17) is 10.5 Å². The quantitative estimate of drug-likeness (QED) is 0.914. The Bertz CT molecular complexity index is 687. The highest BCUT2D eigenvalue weighted by atomic mass is 32.1. The van der Waals surface area contributed by atoms with Crippen molar-refractivity contribution in [1.82, 2.24) is 20.0 Å². The predicted octanol–water partition coefficient (Wildman–Crippen LogP) is 1.29. The summed E-state index contributed by atoms with van der Waals surface area (Å²) in [5.74, 6) is 0. The summed E-state index contributed by atoms with van der Waals surface area (Å²) in [6.07, 6.45) is 0. The molecule has 0 bridgehead atoms. The summed E-state index contributed by atoms with van der Waals surface area (Å²) in [6, 6.07) is 1.77. The molecule has 2 aromatic rings. The van der Waals surface area contributed by atoms with Crippen LogP contribution in [0, 0.1) is 0 Å². The Labute approximate surface area is 126 Å². The SMILES string of the molecule is COCCn1nc(C(C)(C)C)cc(-c2nnc(N)s2)c1=O. The van der Waals surface area contributed by atoms with Crippen molar-refractivity contribution < 1.29 is 4.74 Å². The summed E-state index contributed by atoms with van der Waals surface area (Å²) in [6.45, 7) is 6.93. The van der Waals surface area contributed by atoms with Crippen molar-refractivity contribution in [1.29, 1.82) is 0 Å². The zero-order valence-electron chi connectivity index (χ0n) is 12.6. The molecule has 0 aromatic carbocycles. The number of aromatic nitrogens is 4. The second-order valence-electron chi connectivity index (χ2n) is 5.66. The van der Waals surface area contributed by atoms with Gasteiger partial charge in [0.15, 0.2) is 5.01 Å². The number of hydrogen-bond acceptors (Lipinski definition) is 7. The van der Waals surface area contributed by atoms with Gasteiger partial charge in [0.25, 0.3) is 5.56 Å². The summed E-state index contributed by atoms with van der Waals surface area (Å²) in [5.41, 5.74) is 6.49. The van der Waals surface area contributed by atoms with Crippen LogP contribution in [0.3, 0.4) is 0 Å². The normalized spacial score (nSPS) is 11.8. The van der Waals surface area contributed by atoms with E-state index in [2.05, 4.69) is 15.3 Å². The van der Waals surface area contributed by atoms with Crippen LogP contribution in [0.5, 0.6) is 0 Å². The molecule has 0 atom stereocenters. The topological polar surface area (TPSA) is 95.9 Å². The minimum Gasteiger partial charge on any atom is -0.383 e. The van der Waals surface area contributed by atoms with Gasteiger partial charge in [-0.1, -0.05) is 32.1 Å². The summed E-state index contributed by atoms with van der Waals surface area (Å²) in [5, 5.41) is 13.0. The number of anilines is 1. The third kappa shape index (κ3) is 3.45. The molecule has 0 aliphatic carbocycles. The summed E-state index contributed by atoms with van der Waals surface area (Å²) < 4.78 is 6.44. The highest BCUT2D eigenvalue weighted by Crippen LogP contribution is 2.26. The van der Waals surface area contributed by atoms with Gasteiger partial charge in [0.2, 0.25) is 5.13 Å². The molecule has 0 radical (unpaired) electrons. The van der Waals surface area contributed by atoms with E-state index in [1.54, 1.807) is 13.2 Å². The Morgan fingerprint density at radius 3 is 2.62 bits per heavy atom. The van der Waals surface area contributed by atoms with Gasteiger partial charge in [-0.25, -0.2) is 4.68 Å². The van der Waals surface area contributed by atoms with Crippen LogP contribution in [-0.2, 0) is 16.7 Å². The summed E-state index contributed by atoms with van der Waals surface area (Å²) >= 11 is 1.19. The first-order chi connectivity index (χ1) is 9.82. The lowest BCUT2D eigenvalue weighted by Crippen LogP contribution is -2.30. The number of hydrogen-bond donors (Lipinski definition) is 1. The van der Waals surface area contributed by atoms with Crippen molar-refractivity contribution in [2.75, 3.05) is 19.5 Å². The Morgan fingerprint density at radius 1 is 1.38 bits per heavy atom. The van der Waals surface area contributed by atoms with Gasteiger partial charge in [0, 0.05) is 12.5 Å². The molecular formula is C13H19N5O2S. The molecule has 0 saturated heterocycles. The number of nitrogens with zero attached hydrogens (tertiary/aromatic N) is 4. The fraction of sp³-hybridized carbons (Fsp3) is 0.538. The van der Waals surface area contributed by atoms with Gasteiger partial charge in [-0.3, -0.25) is 4.79 Å². The van der Waals surface area contributed by atoms with Gasteiger partial charge in [0.1, 0.15) is 0 Å². The molecule has 0 unspecified atom stereocenters. The molecule has 2 rings (SSSR count). The standard InChI is InChI=1S/C13H19N5O2S/c1-13(2,3)9-7-8(10-15-16-12(14)21-10)11(19)18(17-9)5-6-20-4/h7H,5-6H2,1-4H3,(H2,14,16). The lowest BCUT2D eigenvalue weighted by Gasteiger charge is -2.19. The Kier molecular flexibility index (Phi) is 4.38. The maximum atomic E-state index is 12.5. The molecule has 0 amide bonds. The second-order valence-corrected chi connectivity index (χ2v) is 6.67. The fourth-order valence-corrected chi connectivity index (χ4v) is 2.35. The first-order valence-corrected chi connectivity index (χ1v) is 7.35. The molecule has 2 aromatic heterocycles. The van der Waals surface area contributed by atoms with E-state index >= 15 is 0 Å². The minimum atomic E-state index is -0.212. The van der Waals surface area contributed by atoms with E-state index in [-0.39, 0.29) is 11.0 Å². The molecule has 2 heterocycles. The fourth-order valence-electron chi connectivity index (χ4n) is 1.73. The van der Waals surface area contributed by atoms with Gasteiger partial charge in [-0.2, -0.15) is 5.10 Å². The van der Waals surface area contributed by atoms with Gasteiger partial charge >= 0.3 is 0 Å². The van der Waals surface area contributed by atoms with Crippen molar-refractivity contribution in [3.63, 3.8) is 0 Å². The average molecular weight is 309 g/mol. The van der Waals surface area contributed by atoms with Crippen LogP contribution in [0.15, 0.2) is 10.9 Å². The Morgan fingerprint density at radius 2 is 2.10 bits per heavy atom. The van der Waals surface area contributed by atoms with Crippen LogP contribution in [0.2, 0.25) is 0 Å². The maximum absolute atomic E-state index is 12.5. The monoisotopic (exact) mass is 309 g/mol. The van der Waals surface area contributed by atoms with E-state index in [0.29, 0.717) is 28.9 Å². The smallest absolute Gasteiger partial charge is 0.277 e. The van der Waals surface area contributed by atoms with Gasteiger partial charge in [-0.15, -0.1) is 10.2 Å². The van der Waals surface area contributed by atoms with Crippen LogP contribution < -0.4 is 11.3 Å². The van der Waals surface area contributed by atoms with Crippen LogP contribution in [0.1, 0.15) is 26.5 Å². The van der Waals surface area contributed by atoms with Crippen molar-refractivity contribution >= 4 is 16.5 Å². The Balaban J connectivity index is 2.60. The molecule has 0 aliphatic heterocycles. The molecule has 2 N–H and O–H groups in total. The third-order valence-corrected chi connectivity index (χ3v) is 3.71. The zero-order chi connectivity index (χ0) is 15.6. The molecule has 8 heteroatoms. The molecule has 21 heavy (non-hydrogen) atoms. The van der Waals surface area contributed by atoms with E-state index in [9.17, 15) is 4.79 Å². The second kappa shape index (κ2) is 5.90. The van der Waals surface area contributed by atoms with Crippen LogP contribution >= 0.6 is 11.3 Å². The zero-order valence-corrected chi connectivity index (χ0v) is 13.4. The van der Waals surface area contributed by atoms with Crippen LogP contribution in [0.25, 0.3) is 10.6 Å². The van der Waals surface area contributed by atoms with Crippen molar-refractivity contribution in [2.24, 2.45) is 0 Å². The molecule has 0 fully saturated rings. The average Bonchev–Trinajstić information content (AvgIpc) is 2.82. The van der Waals surface area contributed by atoms with Gasteiger partial charge in [-0.05, 0) is 6.07 Å². The first kappa shape index (κ1) is 15.6. The molecule has 0 spiro atoms. The predicted molar refractivity (Wildman–Crippen MR) is 82.4 cm³/mol. The number of nitrogen functional groups attached to an aromatic ring is 1. The molecule has 0 saturated carbocycles. The number of nitrogens with two attached hydrogens (primary N) is 1. The van der Waals surface area contributed by atoms with E-state index < -0.39 is 0 Å². The number of rotatable bonds is 4. The van der Waals surface area contributed by atoms with E-state index in [0.717, 1.165) is 5.69 Å². The number of methoxy groups -OCH3 is 1. The lowest BCUT2D eigenvalue weighted by molar-refractivity contribution is 0.181. The lowest BCUT2D eigenvalue weighted by atomic mass is 9.91. The van der Waals surface area contributed by atoms with E-state index in [1.165, 1.54) is 16.0 Å². The molecule has 114 valence electrons. The maximum Gasteiger partial charge on any atom is 0.277 e. The van der Waals surface area contributed by atoms with Gasteiger partial charge < -0.3 is 10.5 Å². The van der Waals surface area contributed by atoms with Crippen molar-refractivity contribution in [2.45, 2.75) is 32.7 Å². The van der Waals surface area contributed by atoms with Crippen LogP contribution in [0.4, 0.5) is 5.13 Å². The minimum absolute atomic E-state index is 0.187. The number of ether oxygens (including phenoxy) is 1. The summed E-state index contributed by atoms with van der Waals surface area (Å²) in [7, 11) is 1.59. The van der Waals surface area contributed by atoms with E-state index in [1.807, 2.05) is 20.8 Å². The Hall–Kier alpha value is -1.80. The largest absolute Gasteiger partial charge is 0.383 e. The molecule has 7 nitrogen and oxygen atoms in total. The molecular weight excluding hydrogens is 290 g/mol. The van der Waals surface area contributed by atoms with Crippen molar-refractivity contribution in [3.05, 3.63) is 22.1 Å². The van der Waals surface area contributed by atoms with Crippen molar-refractivity contribution in [3.8, 4) is 10.6 Å².